The Morgan fingerprint density at radius 1 is 1.50 bits per heavy atom. The lowest BCUT2D eigenvalue weighted by molar-refractivity contribution is -0.00843. The first-order valence-electron chi connectivity index (χ1n) is 7.83. The fourth-order valence-corrected chi connectivity index (χ4v) is 2.69. The first kappa shape index (κ1) is 16.7. The Labute approximate surface area is 132 Å². The van der Waals surface area contributed by atoms with E-state index in [9.17, 15) is 9.90 Å². The lowest BCUT2D eigenvalue weighted by Gasteiger charge is -2.37. The average Bonchev–Trinajstić information content (AvgIpc) is 2.41. The Hall–Kier alpha value is -1.62. The number of likely N-dealkylation sites (tertiary alicyclic amines) is 1. The Kier molecular flexibility index (Phi) is 5.06. The number of hydrogen-bond donors (Lipinski definition) is 1. The number of carbonyl (C=O) groups excluding carboxylic acids is 1. The zero-order chi connectivity index (χ0) is 16.3. The number of amides is 1. The van der Waals surface area contributed by atoms with Crippen molar-refractivity contribution in [3.05, 3.63) is 29.6 Å². The Morgan fingerprint density at radius 2 is 2.23 bits per heavy atom. The highest BCUT2D eigenvalue weighted by molar-refractivity contribution is 5.68. The molecule has 1 saturated heterocycles. The molecule has 2 atom stereocenters. The predicted molar refractivity (Wildman–Crippen MR) is 84.6 cm³/mol. The van der Waals surface area contributed by atoms with Gasteiger partial charge in [0.05, 0.1) is 6.10 Å². The number of aliphatic hydroxyl groups is 1. The van der Waals surface area contributed by atoms with Crippen LogP contribution >= 0.6 is 0 Å². The van der Waals surface area contributed by atoms with Crippen molar-refractivity contribution >= 4 is 6.09 Å². The van der Waals surface area contributed by atoms with Gasteiger partial charge in [-0.15, -0.1) is 0 Å². The van der Waals surface area contributed by atoms with Crippen molar-refractivity contribution in [3.63, 3.8) is 0 Å². The molecule has 0 spiro atoms. The van der Waals surface area contributed by atoms with Gasteiger partial charge in [-0.3, -0.25) is 4.98 Å². The second-order valence-electron chi connectivity index (χ2n) is 7.01. The molecule has 1 aliphatic heterocycles. The minimum Gasteiger partial charge on any atom is -0.444 e. The summed E-state index contributed by atoms with van der Waals surface area (Å²) in [6.45, 7) is 8.64. The van der Waals surface area contributed by atoms with Crippen molar-refractivity contribution in [3.8, 4) is 0 Å². The zero-order valence-electron chi connectivity index (χ0n) is 13.9. The fourth-order valence-electron chi connectivity index (χ4n) is 2.69. The molecule has 22 heavy (non-hydrogen) atoms. The highest BCUT2D eigenvalue weighted by Crippen LogP contribution is 2.23. The van der Waals surface area contributed by atoms with Crippen LogP contribution < -0.4 is 0 Å². The van der Waals surface area contributed by atoms with E-state index in [0.717, 1.165) is 11.3 Å². The highest BCUT2D eigenvalue weighted by Gasteiger charge is 2.33. The predicted octanol–water partition coefficient (Wildman–Crippen LogP) is 2.55. The molecule has 1 amide bonds. The normalized spacial score (nSPS) is 22.5. The van der Waals surface area contributed by atoms with E-state index in [0.29, 0.717) is 25.9 Å². The molecule has 122 valence electrons. The van der Waals surface area contributed by atoms with E-state index in [1.807, 2.05) is 39.8 Å². The molecule has 1 aromatic heterocycles. The monoisotopic (exact) mass is 306 g/mol. The molecular weight excluding hydrogens is 280 g/mol. The van der Waals surface area contributed by atoms with Crippen LogP contribution in [-0.4, -0.2) is 45.9 Å². The summed E-state index contributed by atoms with van der Waals surface area (Å²) in [7, 11) is 0. The first-order chi connectivity index (χ1) is 10.3. The van der Waals surface area contributed by atoms with Crippen LogP contribution in [0.2, 0.25) is 0 Å². The van der Waals surface area contributed by atoms with Crippen molar-refractivity contribution < 1.29 is 14.6 Å². The van der Waals surface area contributed by atoms with Gasteiger partial charge >= 0.3 is 6.09 Å². The summed E-state index contributed by atoms with van der Waals surface area (Å²) in [6, 6.07) is 3.92. The number of hydrogen-bond acceptors (Lipinski definition) is 4. The van der Waals surface area contributed by atoms with Gasteiger partial charge < -0.3 is 14.7 Å². The molecule has 0 aliphatic carbocycles. The van der Waals surface area contributed by atoms with Crippen molar-refractivity contribution in [2.45, 2.75) is 52.2 Å². The van der Waals surface area contributed by atoms with Crippen LogP contribution in [0.4, 0.5) is 4.79 Å². The lowest BCUT2D eigenvalue weighted by Crippen LogP contribution is -2.48. The van der Waals surface area contributed by atoms with Crippen LogP contribution in [0.3, 0.4) is 0 Å². The molecule has 2 heterocycles. The molecule has 1 fully saturated rings. The number of pyridine rings is 1. The second-order valence-corrected chi connectivity index (χ2v) is 7.01. The Morgan fingerprint density at radius 3 is 2.86 bits per heavy atom. The maximum atomic E-state index is 12.2. The smallest absolute Gasteiger partial charge is 0.410 e. The van der Waals surface area contributed by atoms with E-state index in [1.165, 1.54) is 0 Å². The summed E-state index contributed by atoms with van der Waals surface area (Å²) >= 11 is 0. The van der Waals surface area contributed by atoms with Crippen LogP contribution in [0.25, 0.3) is 0 Å². The molecule has 1 aliphatic rings. The van der Waals surface area contributed by atoms with Crippen LogP contribution in [-0.2, 0) is 11.2 Å². The quantitative estimate of drug-likeness (QED) is 0.912. The van der Waals surface area contributed by atoms with Crippen LogP contribution in [0.15, 0.2) is 18.3 Å². The standard InChI is InChI=1S/C17H26N2O3/c1-12-6-5-8-18-14(12)10-13-11-19(9-7-15(13)20)16(21)22-17(2,3)4/h5-6,8,13,15,20H,7,9-11H2,1-4H3. The first-order valence-corrected chi connectivity index (χ1v) is 7.83. The van der Waals surface area contributed by atoms with Gasteiger partial charge in [-0.1, -0.05) is 6.07 Å². The summed E-state index contributed by atoms with van der Waals surface area (Å²) in [5.41, 5.74) is 1.60. The van der Waals surface area contributed by atoms with Gasteiger partial charge in [-0.2, -0.15) is 0 Å². The Bertz CT molecular complexity index is 525. The number of carbonyl (C=O) groups is 1. The number of ether oxygens (including phenoxy) is 1. The zero-order valence-corrected chi connectivity index (χ0v) is 13.9. The van der Waals surface area contributed by atoms with Gasteiger partial charge in [0, 0.05) is 30.9 Å². The third-order valence-corrected chi connectivity index (χ3v) is 3.92. The van der Waals surface area contributed by atoms with Crippen molar-refractivity contribution in [2.24, 2.45) is 5.92 Å². The molecule has 0 saturated carbocycles. The molecule has 5 heteroatoms. The van der Waals surface area contributed by atoms with Crippen LogP contribution in [0, 0.1) is 12.8 Å². The summed E-state index contributed by atoms with van der Waals surface area (Å²) in [5, 5.41) is 10.2. The number of piperidine rings is 1. The Balaban J connectivity index is 2.02. The van der Waals surface area contributed by atoms with E-state index in [-0.39, 0.29) is 12.0 Å². The molecule has 1 aromatic rings. The van der Waals surface area contributed by atoms with E-state index in [1.54, 1.807) is 11.1 Å². The van der Waals surface area contributed by atoms with E-state index >= 15 is 0 Å². The third-order valence-electron chi connectivity index (χ3n) is 3.92. The van der Waals surface area contributed by atoms with E-state index in [4.69, 9.17) is 4.74 Å². The number of rotatable bonds is 2. The summed E-state index contributed by atoms with van der Waals surface area (Å²) in [6.07, 6.45) is 2.31. The summed E-state index contributed by atoms with van der Waals surface area (Å²) < 4.78 is 5.42. The maximum absolute atomic E-state index is 12.2. The summed E-state index contributed by atoms with van der Waals surface area (Å²) in [4.78, 5) is 18.3. The van der Waals surface area contributed by atoms with Crippen LogP contribution in [0.1, 0.15) is 38.4 Å². The van der Waals surface area contributed by atoms with Crippen LogP contribution in [0.5, 0.6) is 0 Å². The number of aliphatic hydroxyl groups excluding tert-OH is 1. The molecule has 1 N–H and O–H groups in total. The van der Waals surface area contributed by atoms with Gasteiger partial charge in [0.15, 0.2) is 0 Å². The maximum Gasteiger partial charge on any atom is 0.410 e. The van der Waals surface area contributed by atoms with Gasteiger partial charge in [-0.25, -0.2) is 4.79 Å². The SMILES string of the molecule is Cc1cccnc1CC1CN(C(=O)OC(C)(C)C)CCC1O. The van der Waals surface area contributed by atoms with Gasteiger partial charge in [0.25, 0.3) is 0 Å². The van der Waals surface area contributed by atoms with E-state index < -0.39 is 11.7 Å². The second kappa shape index (κ2) is 6.65. The van der Waals surface area contributed by atoms with Crippen molar-refractivity contribution in [1.82, 2.24) is 9.88 Å². The van der Waals surface area contributed by atoms with Gasteiger partial charge in [0.2, 0.25) is 0 Å². The molecule has 0 aromatic carbocycles. The number of aromatic nitrogens is 1. The molecular formula is C17H26N2O3. The topological polar surface area (TPSA) is 62.7 Å². The number of nitrogens with zero attached hydrogens (tertiary/aromatic N) is 2. The van der Waals surface area contributed by atoms with Gasteiger partial charge in [-0.05, 0) is 52.2 Å². The minimum absolute atomic E-state index is 0.00475. The molecule has 0 radical (unpaired) electrons. The number of aryl methyl sites for hydroxylation is 1. The average molecular weight is 306 g/mol. The summed E-state index contributed by atoms with van der Waals surface area (Å²) in [5.74, 6) is -0.00475. The highest BCUT2D eigenvalue weighted by atomic mass is 16.6. The van der Waals surface area contributed by atoms with Crippen molar-refractivity contribution in [1.29, 1.82) is 0 Å². The van der Waals surface area contributed by atoms with Crippen molar-refractivity contribution in [2.75, 3.05) is 13.1 Å². The molecule has 5 nitrogen and oxygen atoms in total. The fraction of sp³-hybridized carbons (Fsp3) is 0.647. The van der Waals surface area contributed by atoms with E-state index in [2.05, 4.69) is 4.98 Å². The van der Waals surface area contributed by atoms with Gasteiger partial charge in [0.1, 0.15) is 5.60 Å². The molecule has 0 bridgehead atoms. The largest absolute Gasteiger partial charge is 0.444 e. The molecule has 2 rings (SSSR count). The lowest BCUT2D eigenvalue weighted by atomic mass is 9.89. The third kappa shape index (κ3) is 4.44. The minimum atomic E-state index is -0.500. The molecule has 2 unspecified atom stereocenters.